The van der Waals surface area contributed by atoms with E-state index in [0.29, 0.717) is 5.89 Å². The van der Waals surface area contributed by atoms with Crippen LogP contribution in [0, 0.1) is 0 Å². The Hall–Kier alpha value is -0.648. The Kier molecular flexibility index (Phi) is 3.86. The Morgan fingerprint density at radius 2 is 2.00 bits per heavy atom. The van der Waals surface area contributed by atoms with Crippen molar-refractivity contribution in [1.29, 1.82) is 0 Å². The molecular weight excluding hydrogens is 367 g/mol. The molecule has 1 rings (SSSR count). The van der Waals surface area contributed by atoms with Gasteiger partial charge in [0.2, 0.25) is 0 Å². The number of hydrogen-bond acceptors (Lipinski definition) is 2. The van der Waals surface area contributed by atoms with Gasteiger partial charge < -0.3 is 0 Å². The Bertz CT molecular complexity index is 370. The molecule has 1 heterocycles. The van der Waals surface area contributed by atoms with Crippen molar-refractivity contribution >= 4 is 43.0 Å². The summed E-state index contributed by atoms with van der Waals surface area (Å²) in [5, 5.41) is 0. The summed E-state index contributed by atoms with van der Waals surface area (Å²) in [5.74, 6) is 1.39. The van der Waals surface area contributed by atoms with Crippen LogP contribution in [0.4, 0.5) is 0 Å². The van der Waals surface area contributed by atoms with Gasteiger partial charge in [0.25, 0.3) is 0 Å². The monoisotopic (exact) mass is 379 g/mol. The van der Waals surface area contributed by atoms with Crippen molar-refractivity contribution in [2.45, 2.75) is 13.8 Å². The first kappa shape index (κ1) is 11.4. The van der Waals surface area contributed by atoms with Crippen molar-refractivity contribution in [2.24, 2.45) is 0 Å². The quantitative estimate of drug-likeness (QED) is 0.756. The molecular formula is C11H12NOTl. The van der Waals surface area contributed by atoms with Crippen LogP contribution in [0.25, 0.3) is 17.2 Å². The molecule has 0 saturated heterocycles. The van der Waals surface area contributed by atoms with E-state index in [1.807, 2.05) is 19.9 Å². The SMILES string of the molecule is C=C(C)c1nc(/C=[CH]/[Tl])oc1C(=C)C. The van der Waals surface area contributed by atoms with Crippen LogP contribution < -0.4 is 0 Å². The zero-order chi connectivity index (χ0) is 10.7. The number of aromatic nitrogens is 1. The first-order valence-electron chi connectivity index (χ1n) is 4.27. The van der Waals surface area contributed by atoms with E-state index in [-0.39, 0.29) is 0 Å². The van der Waals surface area contributed by atoms with Gasteiger partial charge in [-0.05, 0) is 0 Å². The van der Waals surface area contributed by atoms with E-state index in [0.717, 1.165) is 48.4 Å². The van der Waals surface area contributed by atoms with Crippen LogP contribution in [-0.4, -0.2) is 30.8 Å². The van der Waals surface area contributed by atoms with E-state index in [2.05, 4.69) is 21.8 Å². The van der Waals surface area contributed by atoms with Crippen LogP contribution >= 0.6 is 0 Å². The summed E-state index contributed by atoms with van der Waals surface area (Å²) in [6, 6.07) is 0. The first-order chi connectivity index (χ1) is 6.56. The third-order valence-corrected chi connectivity index (χ3v) is 2.42. The van der Waals surface area contributed by atoms with Gasteiger partial charge in [0, 0.05) is 0 Å². The topological polar surface area (TPSA) is 26.0 Å². The number of allylic oxidation sites excluding steroid dienone is 2. The van der Waals surface area contributed by atoms with Crippen molar-refractivity contribution in [2.75, 3.05) is 0 Å². The van der Waals surface area contributed by atoms with Crippen molar-refractivity contribution < 1.29 is 4.42 Å². The number of hydrogen-bond donors (Lipinski definition) is 0. The van der Waals surface area contributed by atoms with Gasteiger partial charge in [-0.25, -0.2) is 0 Å². The normalized spacial score (nSPS) is 10.6. The van der Waals surface area contributed by atoms with Gasteiger partial charge in [0.05, 0.1) is 0 Å². The van der Waals surface area contributed by atoms with Gasteiger partial charge >= 0.3 is 100 Å². The molecule has 1 aromatic rings. The number of rotatable bonds is 3. The second-order valence-electron chi connectivity index (χ2n) is 3.15. The Morgan fingerprint density at radius 1 is 1.36 bits per heavy atom. The summed E-state index contributed by atoms with van der Waals surface area (Å²) in [6.45, 7) is 11.5. The minimum absolute atomic E-state index is 0.642. The molecule has 0 N–H and O–H groups in total. The Balaban J connectivity index is 3.25. The predicted molar refractivity (Wildman–Crippen MR) is 60.7 cm³/mol. The molecule has 0 aliphatic carbocycles. The number of nitrogens with zero attached hydrogens (tertiary/aromatic N) is 1. The van der Waals surface area contributed by atoms with Crippen LogP contribution in [0.5, 0.6) is 0 Å². The molecule has 2 nitrogen and oxygen atoms in total. The Morgan fingerprint density at radius 3 is 2.36 bits per heavy atom. The zero-order valence-electron chi connectivity index (χ0n) is 8.50. The molecule has 0 amide bonds. The van der Waals surface area contributed by atoms with Crippen molar-refractivity contribution in [3.63, 3.8) is 0 Å². The molecule has 3 heteroatoms. The van der Waals surface area contributed by atoms with Crippen LogP contribution in [0.2, 0.25) is 0 Å². The van der Waals surface area contributed by atoms with Crippen LogP contribution in [0.1, 0.15) is 31.2 Å². The van der Waals surface area contributed by atoms with E-state index in [9.17, 15) is 0 Å². The van der Waals surface area contributed by atoms with E-state index >= 15 is 0 Å². The second kappa shape index (κ2) is 4.73. The maximum absolute atomic E-state index is 5.55. The Labute approximate surface area is 100 Å². The summed E-state index contributed by atoms with van der Waals surface area (Å²) in [6.07, 6.45) is 1.89. The molecule has 1 aromatic heterocycles. The first-order valence-corrected chi connectivity index (χ1v) is 6.86. The fourth-order valence-corrected chi connectivity index (χ4v) is 1.71. The zero-order valence-corrected chi connectivity index (χ0v) is 13.0. The van der Waals surface area contributed by atoms with E-state index in [1.165, 1.54) is 0 Å². The standard InChI is InChI=1S/C11H12NO.Tl/c1-6-9-12-10(7(2)3)11(13-9)8(4)5;/h1,6H,2,4H2,3,5H3;. The summed E-state index contributed by atoms with van der Waals surface area (Å²) >= 11 is 0.813. The van der Waals surface area contributed by atoms with Gasteiger partial charge in [0.15, 0.2) is 0 Å². The third kappa shape index (κ3) is 2.43. The minimum atomic E-state index is 0.642. The molecule has 0 aliphatic heterocycles. The molecule has 0 atom stereocenters. The van der Waals surface area contributed by atoms with Crippen molar-refractivity contribution in [1.82, 2.24) is 4.98 Å². The average Bonchev–Trinajstić information content (AvgIpc) is 2.49. The molecule has 0 aromatic carbocycles. The summed E-state index contributed by atoms with van der Waals surface area (Å²) in [4.78, 5) is 4.33. The van der Waals surface area contributed by atoms with Crippen molar-refractivity contribution in [3.05, 3.63) is 34.1 Å². The van der Waals surface area contributed by atoms with Gasteiger partial charge in [-0.1, -0.05) is 0 Å². The molecule has 0 spiro atoms. The fourth-order valence-electron chi connectivity index (χ4n) is 1.07. The van der Waals surface area contributed by atoms with Crippen molar-refractivity contribution in [3.8, 4) is 0 Å². The van der Waals surface area contributed by atoms with Gasteiger partial charge in [-0.3, -0.25) is 0 Å². The molecule has 0 saturated carbocycles. The fraction of sp³-hybridized carbons (Fsp3) is 0.182. The van der Waals surface area contributed by atoms with E-state index in [4.69, 9.17) is 4.42 Å². The molecule has 0 aliphatic rings. The molecule has 14 heavy (non-hydrogen) atoms. The summed E-state index contributed by atoms with van der Waals surface area (Å²) in [5.41, 5.74) is 2.60. The van der Waals surface area contributed by atoms with E-state index in [1.54, 1.807) is 0 Å². The molecule has 0 unspecified atom stereocenters. The van der Waals surface area contributed by atoms with Crippen LogP contribution in [-0.2, 0) is 0 Å². The van der Waals surface area contributed by atoms with Gasteiger partial charge in [-0.15, -0.1) is 0 Å². The second-order valence-corrected chi connectivity index (χ2v) is 4.65. The summed E-state index contributed by atoms with van der Waals surface area (Å²) < 4.78 is 7.60. The number of oxazole rings is 1. The van der Waals surface area contributed by atoms with Gasteiger partial charge in [-0.2, -0.15) is 0 Å². The third-order valence-electron chi connectivity index (χ3n) is 1.67. The van der Waals surface area contributed by atoms with E-state index < -0.39 is 0 Å². The van der Waals surface area contributed by atoms with Gasteiger partial charge in [0.1, 0.15) is 0 Å². The van der Waals surface area contributed by atoms with Crippen LogP contribution in [0.3, 0.4) is 0 Å². The maximum atomic E-state index is 5.55. The summed E-state index contributed by atoms with van der Waals surface area (Å²) in [7, 11) is 0. The predicted octanol–water partition coefficient (Wildman–Crippen LogP) is 2.88. The molecule has 0 bridgehead atoms. The molecule has 0 fully saturated rings. The average molecular weight is 379 g/mol. The molecule has 0 radical (unpaired) electrons. The molecule has 70 valence electrons. The van der Waals surface area contributed by atoms with Crippen LogP contribution in [0.15, 0.2) is 21.2 Å².